The molecule has 3 aromatic rings. The fraction of sp³-hybridized carbons (Fsp3) is 0.167. The van der Waals surface area contributed by atoms with E-state index in [1.54, 1.807) is 13.3 Å². The molecule has 2 heterocycles. The van der Waals surface area contributed by atoms with E-state index in [2.05, 4.69) is 10.3 Å². The van der Waals surface area contributed by atoms with Crippen LogP contribution < -0.4 is 10.1 Å². The van der Waals surface area contributed by atoms with Gasteiger partial charge in [0.1, 0.15) is 11.6 Å². The predicted octanol–water partition coefficient (Wildman–Crippen LogP) is 4.92. The summed E-state index contributed by atoms with van der Waals surface area (Å²) in [6.07, 6.45) is 1.71. The summed E-state index contributed by atoms with van der Waals surface area (Å²) < 4.78 is 5.29. The molecule has 0 saturated carbocycles. The lowest BCUT2D eigenvalue weighted by Gasteiger charge is -2.19. The van der Waals surface area contributed by atoms with Crippen LogP contribution in [0.4, 0.5) is 11.4 Å². The van der Waals surface area contributed by atoms with Crippen LogP contribution >= 0.6 is 11.8 Å². The number of fused-ring (bicyclic) bond motifs is 1. The van der Waals surface area contributed by atoms with Crippen molar-refractivity contribution in [3.05, 3.63) is 78.5 Å². The summed E-state index contributed by atoms with van der Waals surface area (Å²) in [6, 6.07) is 21.1. The van der Waals surface area contributed by atoms with Crippen molar-refractivity contribution in [3.63, 3.8) is 0 Å². The highest BCUT2D eigenvalue weighted by molar-refractivity contribution is 7.99. The molecule has 0 bridgehead atoms. The van der Waals surface area contributed by atoms with Gasteiger partial charge in [-0.05, 0) is 48.9 Å². The molecular weight excluding hydrogens is 408 g/mol. The van der Waals surface area contributed by atoms with E-state index < -0.39 is 0 Å². The van der Waals surface area contributed by atoms with Crippen LogP contribution in [0.3, 0.4) is 0 Å². The van der Waals surface area contributed by atoms with Crippen molar-refractivity contribution >= 4 is 40.6 Å². The van der Waals surface area contributed by atoms with Crippen LogP contribution in [0.25, 0.3) is 0 Å². The number of methoxy groups -OCH3 is 1. The number of thioether (sulfide) groups is 1. The molecule has 0 spiro atoms. The molecule has 4 rings (SSSR count). The number of carbonyl (C=O) groups is 1. The maximum atomic E-state index is 12.8. The van der Waals surface area contributed by atoms with Gasteiger partial charge < -0.3 is 10.1 Å². The Hall–Kier alpha value is -3.45. The van der Waals surface area contributed by atoms with E-state index in [1.807, 2.05) is 73.7 Å². The fourth-order valence-corrected chi connectivity index (χ4v) is 4.01. The van der Waals surface area contributed by atoms with Crippen LogP contribution in [0.15, 0.2) is 87.9 Å². The highest BCUT2D eigenvalue weighted by Crippen LogP contribution is 2.34. The molecule has 6 nitrogen and oxygen atoms in total. The Balaban J connectivity index is 1.64. The summed E-state index contributed by atoms with van der Waals surface area (Å²) in [4.78, 5) is 26.6. The molecule has 1 aliphatic heterocycles. The van der Waals surface area contributed by atoms with E-state index in [4.69, 9.17) is 14.7 Å². The van der Waals surface area contributed by atoms with Gasteiger partial charge in [-0.1, -0.05) is 42.1 Å². The number of nitrogens with zero attached hydrogens (tertiary/aromatic N) is 3. The Morgan fingerprint density at radius 1 is 1.00 bits per heavy atom. The minimum Gasteiger partial charge on any atom is -0.497 e. The van der Waals surface area contributed by atoms with Gasteiger partial charge in [0.2, 0.25) is 5.91 Å². The molecule has 1 atom stereocenters. The van der Waals surface area contributed by atoms with Gasteiger partial charge in [-0.3, -0.25) is 9.79 Å². The van der Waals surface area contributed by atoms with Crippen molar-refractivity contribution < 1.29 is 9.53 Å². The molecule has 1 aliphatic rings. The normalized spacial score (nSPS) is 15.2. The topological polar surface area (TPSA) is 75.9 Å². The number of nitrogens with one attached hydrogen (secondary N) is 1. The van der Waals surface area contributed by atoms with Gasteiger partial charge >= 0.3 is 0 Å². The van der Waals surface area contributed by atoms with Crippen molar-refractivity contribution in [2.75, 3.05) is 12.9 Å². The number of ether oxygens (including phenoxy) is 1. The minimum atomic E-state index is -0.276. The maximum absolute atomic E-state index is 12.8. The monoisotopic (exact) mass is 430 g/mol. The Labute approximate surface area is 185 Å². The van der Waals surface area contributed by atoms with Crippen molar-refractivity contribution in [1.29, 1.82) is 0 Å². The quantitative estimate of drug-likeness (QED) is 0.583. The van der Waals surface area contributed by atoms with Crippen molar-refractivity contribution in [2.45, 2.75) is 17.9 Å². The lowest BCUT2D eigenvalue weighted by atomic mass is 9.93. The van der Waals surface area contributed by atoms with Crippen LogP contribution in [0.2, 0.25) is 0 Å². The van der Waals surface area contributed by atoms with Crippen molar-refractivity contribution in [1.82, 2.24) is 10.3 Å². The van der Waals surface area contributed by atoms with Gasteiger partial charge in [0.15, 0.2) is 0 Å². The van der Waals surface area contributed by atoms with E-state index in [-0.39, 0.29) is 17.6 Å². The standard InChI is InChI=1S/C24H22N4O2S/c1-16-23(17-10-12-18(30-2)13-11-17)24(27-20-8-4-3-7-19(20)26-16)28-21(29)15-31-22-9-5-6-14-25-22/h3-14,23H,15H2,1-2H3,(H,27,28,29). The van der Waals surface area contributed by atoms with Crippen molar-refractivity contribution in [2.24, 2.45) is 9.98 Å². The second-order valence-corrected chi connectivity index (χ2v) is 7.95. The first-order valence-corrected chi connectivity index (χ1v) is 10.8. The number of aliphatic imine (C=N–C) groups is 2. The molecule has 0 radical (unpaired) electrons. The number of amides is 1. The SMILES string of the molecule is COc1ccc(C2C(C)=Nc3ccccc3N=C2NC(=O)CSc2ccccn2)cc1. The number of para-hydroxylation sites is 2. The molecule has 2 aromatic carbocycles. The van der Waals surface area contributed by atoms with Gasteiger partial charge in [-0.25, -0.2) is 9.98 Å². The van der Waals surface area contributed by atoms with E-state index >= 15 is 0 Å². The Bertz CT molecular complexity index is 1130. The zero-order valence-corrected chi connectivity index (χ0v) is 18.1. The Kier molecular flexibility index (Phi) is 6.43. The zero-order chi connectivity index (χ0) is 21.6. The number of pyridine rings is 1. The molecule has 0 aliphatic carbocycles. The van der Waals surface area contributed by atoms with Gasteiger partial charge in [0.25, 0.3) is 0 Å². The summed E-state index contributed by atoms with van der Waals surface area (Å²) in [6.45, 7) is 1.96. The van der Waals surface area contributed by atoms with Crippen LogP contribution in [0.5, 0.6) is 5.75 Å². The first kappa shape index (κ1) is 20.8. The first-order valence-electron chi connectivity index (χ1n) is 9.84. The average molecular weight is 431 g/mol. The third-order valence-electron chi connectivity index (χ3n) is 4.82. The summed E-state index contributed by atoms with van der Waals surface area (Å²) >= 11 is 1.39. The summed E-state index contributed by atoms with van der Waals surface area (Å²) in [5.74, 6) is 1.15. The third kappa shape index (κ3) is 5.00. The Morgan fingerprint density at radius 3 is 2.39 bits per heavy atom. The molecule has 0 fully saturated rings. The second-order valence-electron chi connectivity index (χ2n) is 6.95. The number of rotatable bonds is 5. The number of benzene rings is 2. The summed E-state index contributed by atoms with van der Waals surface area (Å²) in [7, 11) is 1.64. The number of aromatic nitrogens is 1. The third-order valence-corrected chi connectivity index (χ3v) is 5.76. The smallest absolute Gasteiger partial charge is 0.235 e. The Morgan fingerprint density at radius 2 is 1.71 bits per heavy atom. The van der Waals surface area contributed by atoms with E-state index in [0.717, 1.165) is 33.4 Å². The summed E-state index contributed by atoms with van der Waals surface area (Å²) in [5.41, 5.74) is 3.34. The van der Waals surface area contributed by atoms with Gasteiger partial charge in [-0.15, -0.1) is 0 Å². The van der Waals surface area contributed by atoms with Crippen LogP contribution in [0.1, 0.15) is 18.4 Å². The van der Waals surface area contributed by atoms with Crippen LogP contribution in [-0.2, 0) is 4.79 Å². The second kappa shape index (κ2) is 9.57. The van der Waals surface area contributed by atoms with E-state index in [0.29, 0.717) is 5.84 Å². The molecule has 1 N–H and O–H groups in total. The van der Waals surface area contributed by atoms with Crippen LogP contribution in [0, 0.1) is 0 Å². The molecule has 1 amide bonds. The fourth-order valence-electron chi connectivity index (χ4n) is 3.35. The van der Waals surface area contributed by atoms with Gasteiger partial charge in [-0.2, -0.15) is 0 Å². The maximum Gasteiger partial charge on any atom is 0.235 e. The molecular formula is C24H22N4O2S. The number of hydrogen-bond donors (Lipinski definition) is 1. The highest BCUT2D eigenvalue weighted by atomic mass is 32.2. The van der Waals surface area contributed by atoms with E-state index in [9.17, 15) is 4.79 Å². The van der Waals surface area contributed by atoms with Crippen molar-refractivity contribution in [3.8, 4) is 5.75 Å². The molecule has 31 heavy (non-hydrogen) atoms. The largest absolute Gasteiger partial charge is 0.497 e. The zero-order valence-electron chi connectivity index (χ0n) is 17.3. The predicted molar refractivity (Wildman–Crippen MR) is 125 cm³/mol. The molecule has 7 heteroatoms. The van der Waals surface area contributed by atoms with Crippen LogP contribution in [-0.4, -0.2) is 35.3 Å². The summed E-state index contributed by atoms with van der Waals surface area (Å²) in [5, 5.41) is 3.83. The van der Waals surface area contributed by atoms with Gasteiger partial charge in [0, 0.05) is 11.9 Å². The molecule has 0 saturated heterocycles. The molecule has 1 unspecified atom stereocenters. The number of amidine groups is 1. The van der Waals surface area contributed by atoms with E-state index in [1.165, 1.54) is 11.8 Å². The lowest BCUT2D eigenvalue weighted by molar-refractivity contribution is -0.117. The highest BCUT2D eigenvalue weighted by Gasteiger charge is 2.26. The van der Waals surface area contributed by atoms with Gasteiger partial charge in [0.05, 0.1) is 35.2 Å². The number of carbonyl (C=O) groups excluding carboxylic acids is 1. The first-order chi connectivity index (χ1) is 15.1. The molecule has 156 valence electrons. The number of hydrogen-bond acceptors (Lipinski definition) is 6. The lowest BCUT2D eigenvalue weighted by Crippen LogP contribution is -2.38. The average Bonchev–Trinajstić information content (AvgIpc) is 2.93. The molecule has 1 aromatic heterocycles. The minimum absolute atomic E-state index is 0.139.